The molecular weight excluding hydrogens is 348 g/mol. The first-order valence-electron chi connectivity index (χ1n) is 9.36. The second-order valence-corrected chi connectivity index (χ2v) is 6.88. The number of carbonyl (C=O) groups excluding carboxylic acids is 1. The van der Waals surface area contributed by atoms with Crippen LogP contribution in [-0.2, 0) is 11.3 Å². The second-order valence-electron chi connectivity index (χ2n) is 6.88. The van der Waals surface area contributed by atoms with Crippen molar-refractivity contribution in [1.29, 1.82) is 0 Å². The van der Waals surface area contributed by atoms with E-state index in [1.54, 1.807) is 7.11 Å². The Morgan fingerprint density at radius 2 is 1.75 bits per heavy atom. The van der Waals surface area contributed by atoms with E-state index in [0.717, 1.165) is 33.7 Å². The SMILES string of the molecule is COc1cccc(CN[C@H](C(=O)Nc2cc(C)ccc2C)c2ccccc2)c1. The Morgan fingerprint density at radius 3 is 2.50 bits per heavy atom. The summed E-state index contributed by atoms with van der Waals surface area (Å²) in [5.41, 5.74) is 4.97. The van der Waals surface area contributed by atoms with Gasteiger partial charge >= 0.3 is 0 Å². The van der Waals surface area contributed by atoms with Gasteiger partial charge in [0.05, 0.1) is 7.11 Å². The molecule has 0 unspecified atom stereocenters. The predicted molar refractivity (Wildman–Crippen MR) is 114 cm³/mol. The number of hydrogen-bond donors (Lipinski definition) is 2. The van der Waals surface area contributed by atoms with Gasteiger partial charge in [0.25, 0.3) is 0 Å². The molecule has 3 aromatic rings. The molecule has 0 aliphatic carbocycles. The molecule has 0 radical (unpaired) electrons. The van der Waals surface area contributed by atoms with Gasteiger partial charge in [-0.1, -0.05) is 54.6 Å². The molecule has 0 heterocycles. The Morgan fingerprint density at radius 1 is 0.964 bits per heavy atom. The van der Waals surface area contributed by atoms with Gasteiger partial charge in [-0.05, 0) is 54.3 Å². The summed E-state index contributed by atoms with van der Waals surface area (Å²) in [5, 5.41) is 6.47. The summed E-state index contributed by atoms with van der Waals surface area (Å²) in [6.07, 6.45) is 0. The number of carbonyl (C=O) groups is 1. The zero-order valence-corrected chi connectivity index (χ0v) is 16.5. The number of hydrogen-bond acceptors (Lipinski definition) is 3. The molecule has 1 atom stereocenters. The zero-order chi connectivity index (χ0) is 19.9. The predicted octanol–water partition coefficient (Wildman–Crippen LogP) is 4.78. The summed E-state index contributed by atoms with van der Waals surface area (Å²) >= 11 is 0. The highest BCUT2D eigenvalue weighted by molar-refractivity contribution is 5.96. The van der Waals surface area contributed by atoms with Gasteiger partial charge in [-0.2, -0.15) is 0 Å². The number of aryl methyl sites for hydroxylation is 2. The second kappa shape index (κ2) is 9.20. The molecule has 2 N–H and O–H groups in total. The molecule has 0 bridgehead atoms. The topological polar surface area (TPSA) is 50.4 Å². The van der Waals surface area contributed by atoms with E-state index in [-0.39, 0.29) is 5.91 Å². The lowest BCUT2D eigenvalue weighted by Gasteiger charge is -2.20. The minimum absolute atomic E-state index is 0.0807. The Kier molecular flexibility index (Phi) is 6.45. The van der Waals surface area contributed by atoms with Crippen molar-refractivity contribution in [1.82, 2.24) is 5.32 Å². The normalized spacial score (nSPS) is 11.7. The lowest BCUT2D eigenvalue weighted by atomic mass is 10.0. The summed E-state index contributed by atoms with van der Waals surface area (Å²) in [4.78, 5) is 13.1. The minimum Gasteiger partial charge on any atom is -0.497 e. The van der Waals surface area contributed by atoms with Gasteiger partial charge in [-0.25, -0.2) is 0 Å². The van der Waals surface area contributed by atoms with Gasteiger partial charge in [0.1, 0.15) is 11.8 Å². The van der Waals surface area contributed by atoms with Crippen molar-refractivity contribution in [3.05, 3.63) is 95.1 Å². The van der Waals surface area contributed by atoms with E-state index in [2.05, 4.69) is 10.6 Å². The molecule has 1 amide bonds. The van der Waals surface area contributed by atoms with Crippen LogP contribution in [0.25, 0.3) is 0 Å². The Hall–Kier alpha value is -3.11. The van der Waals surface area contributed by atoms with E-state index in [1.165, 1.54) is 0 Å². The average Bonchev–Trinajstić information content (AvgIpc) is 2.72. The molecule has 4 nitrogen and oxygen atoms in total. The smallest absolute Gasteiger partial charge is 0.246 e. The van der Waals surface area contributed by atoms with Crippen molar-refractivity contribution in [2.24, 2.45) is 0 Å². The van der Waals surface area contributed by atoms with Crippen LogP contribution in [0.15, 0.2) is 72.8 Å². The fourth-order valence-corrected chi connectivity index (χ4v) is 3.09. The van der Waals surface area contributed by atoms with E-state index in [4.69, 9.17) is 4.74 Å². The molecule has 0 aromatic heterocycles. The van der Waals surface area contributed by atoms with Crippen molar-refractivity contribution in [3.8, 4) is 5.75 Å². The summed E-state index contributed by atoms with van der Waals surface area (Å²) in [5.74, 6) is 0.721. The summed E-state index contributed by atoms with van der Waals surface area (Å²) in [6, 6.07) is 23.2. The van der Waals surface area contributed by atoms with Crippen LogP contribution >= 0.6 is 0 Å². The van der Waals surface area contributed by atoms with Crippen LogP contribution in [-0.4, -0.2) is 13.0 Å². The third kappa shape index (κ3) is 4.99. The van der Waals surface area contributed by atoms with Crippen LogP contribution in [0.3, 0.4) is 0 Å². The van der Waals surface area contributed by atoms with E-state index in [0.29, 0.717) is 6.54 Å². The lowest BCUT2D eigenvalue weighted by Crippen LogP contribution is -2.33. The zero-order valence-electron chi connectivity index (χ0n) is 16.5. The van der Waals surface area contributed by atoms with Crippen molar-refractivity contribution in [2.75, 3.05) is 12.4 Å². The van der Waals surface area contributed by atoms with Crippen LogP contribution in [0, 0.1) is 13.8 Å². The highest BCUT2D eigenvalue weighted by atomic mass is 16.5. The summed E-state index contributed by atoms with van der Waals surface area (Å²) in [7, 11) is 1.65. The number of methoxy groups -OCH3 is 1. The number of rotatable bonds is 7. The molecule has 0 fully saturated rings. The quantitative estimate of drug-likeness (QED) is 0.626. The molecule has 4 heteroatoms. The Balaban J connectivity index is 1.80. The van der Waals surface area contributed by atoms with Gasteiger partial charge in [-0.3, -0.25) is 10.1 Å². The fourth-order valence-electron chi connectivity index (χ4n) is 3.09. The highest BCUT2D eigenvalue weighted by Crippen LogP contribution is 2.21. The molecule has 0 saturated heterocycles. The first kappa shape index (κ1) is 19.6. The van der Waals surface area contributed by atoms with E-state index in [1.807, 2.05) is 86.6 Å². The Bertz CT molecular complexity index is 938. The van der Waals surface area contributed by atoms with E-state index < -0.39 is 6.04 Å². The van der Waals surface area contributed by atoms with Gasteiger partial charge in [0.15, 0.2) is 0 Å². The van der Waals surface area contributed by atoms with E-state index in [9.17, 15) is 4.79 Å². The summed E-state index contributed by atoms with van der Waals surface area (Å²) in [6.45, 7) is 4.57. The summed E-state index contributed by atoms with van der Waals surface area (Å²) < 4.78 is 5.29. The fraction of sp³-hybridized carbons (Fsp3) is 0.208. The number of anilines is 1. The van der Waals surface area contributed by atoms with Crippen molar-refractivity contribution >= 4 is 11.6 Å². The van der Waals surface area contributed by atoms with Gasteiger partial charge in [0, 0.05) is 12.2 Å². The molecule has 28 heavy (non-hydrogen) atoms. The first-order chi connectivity index (χ1) is 13.6. The molecular formula is C24H26N2O2. The maximum atomic E-state index is 13.1. The number of benzene rings is 3. The van der Waals surface area contributed by atoms with E-state index >= 15 is 0 Å². The molecule has 144 valence electrons. The Labute approximate surface area is 166 Å². The highest BCUT2D eigenvalue weighted by Gasteiger charge is 2.20. The third-order valence-electron chi connectivity index (χ3n) is 4.69. The van der Waals surface area contributed by atoms with Gasteiger partial charge in [-0.15, -0.1) is 0 Å². The minimum atomic E-state index is -0.465. The molecule has 0 aliphatic rings. The van der Waals surface area contributed by atoms with Crippen LogP contribution in [0.1, 0.15) is 28.3 Å². The maximum absolute atomic E-state index is 13.1. The van der Waals surface area contributed by atoms with Gasteiger partial charge < -0.3 is 10.1 Å². The van der Waals surface area contributed by atoms with Crippen molar-refractivity contribution in [3.63, 3.8) is 0 Å². The average molecular weight is 374 g/mol. The van der Waals surface area contributed by atoms with Crippen LogP contribution in [0.4, 0.5) is 5.69 Å². The largest absolute Gasteiger partial charge is 0.497 e. The monoisotopic (exact) mass is 374 g/mol. The molecule has 3 aromatic carbocycles. The molecule has 3 rings (SSSR count). The van der Waals surface area contributed by atoms with Crippen LogP contribution in [0.5, 0.6) is 5.75 Å². The number of ether oxygens (including phenoxy) is 1. The third-order valence-corrected chi connectivity index (χ3v) is 4.69. The molecule has 0 aliphatic heterocycles. The van der Waals surface area contributed by atoms with Crippen molar-refractivity contribution < 1.29 is 9.53 Å². The van der Waals surface area contributed by atoms with Crippen LogP contribution in [0.2, 0.25) is 0 Å². The first-order valence-corrected chi connectivity index (χ1v) is 9.36. The molecule has 0 saturated carbocycles. The number of nitrogens with one attached hydrogen (secondary N) is 2. The number of amides is 1. The maximum Gasteiger partial charge on any atom is 0.246 e. The van der Waals surface area contributed by atoms with Crippen LogP contribution < -0.4 is 15.4 Å². The van der Waals surface area contributed by atoms with Crippen molar-refractivity contribution in [2.45, 2.75) is 26.4 Å². The lowest BCUT2D eigenvalue weighted by molar-refractivity contribution is -0.118. The molecule has 0 spiro atoms. The standard InChI is InChI=1S/C24H26N2O2/c1-17-12-13-18(2)22(14-17)26-24(27)23(20-9-5-4-6-10-20)25-16-19-8-7-11-21(15-19)28-3/h4-15,23,25H,16H2,1-3H3,(H,26,27)/t23-/m0/s1. The van der Waals surface area contributed by atoms with Gasteiger partial charge in [0.2, 0.25) is 5.91 Å².